The first-order valence-corrected chi connectivity index (χ1v) is 8.84. The summed E-state index contributed by atoms with van der Waals surface area (Å²) in [6.07, 6.45) is 1.93. The maximum absolute atomic E-state index is 11.4. The number of fused-ring (bicyclic) bond motifs is 1. The van der Waals surface area contributed by atoms with Crippen LogP contribution in [-0.4, -0.2) is 29.9 Å². The smallest absolute Gasteiger partial charge is 0.234 e. The molecule has 20 heavy (non-hydrogen) atoms. The second kappa shape index (κ2) is 7.45. The number of anilines is 1. The number of carbonyl (C=O) groups is 1. The molecule has 1 aromatic heterocycles. The molecule has 6 heteroatoms. The molecular formula is C14H22N2O2S2. The van der Waals surface area contributed by atoms with Crippen molar-refractivity contribution < 1.29 is 9.90 Å². The molecule has 1 amide bonds. The number of thiophene rings is 1. The Morgan fingerprint density at radius 3 is 3.05 bits per heavy atom. The number of aliphatic hydroxyl groups is 1. The minimum atomic E-state index is 0.0847. The number of nitrogens with one attached hydrogen (secondary N) is 2. The van der Waals surface area contributed by atoms with Gasteiger partial charge in [-0.05, 0) is 31.9 Å². The minimum Gasteiger partial charge on any atom is -0.396 e. The summed E-state index contributed by atoms with van der Waals surface area (Å²) in [5, 5.41) is 15.5. The van der Waals surface area contributed by atoms with E-state index in [4.69, 9.17) is 5.11 Å². The van der Waals surface area contributed by atoms with Crippen LogP contribution >= 0.6 is 23.1 Å². The summed E-state index contributed by atoms with van der Waals surface area (Å²) >= 11 is 3.37. The van der Waals surface area contributed by atoms with Crippen LogP contribution in [0, 0.1) is 5.92 Å². The van der Waals surface area contributed by atoms with Gasteiger partial charge < -0.3 is 15.7 Å². The Balaban J connectivity index is 1.92. The van der Waals surface area contributed by atoms with Crippen molar-refractivity contribution >= 4 is 34.7 Å². The lowest BCUT2D eigenvalue weighted by molar-refractivity contribution is -0.113. The van der Waals surface area contributed by atoms with Gasteiger partial charge in [-0.15, -0.1) is 23.1 Å². The van der Waals surface area contributed by atoms with E-state index < -0.39 is 0 Å². The quantitative estimate of drug-likeness (QED) is 0.724. The highest BCUT2D eigenvalue weighted by Crippen LogP contribution is 2.40. The number of aliphatic hydroxyl groups excluding tert-OH is 1. The Morgan fingerprint density at radius 1 is 1.55 bits per heavy atom. The Bertz CT molecular complexity index is 462. The van der Waals surface area contributed by atoms with Crippen LogP contribution in [0.2, 0.25) is 0 Å². The van der Waals surface area contributed by atoms with Crippen LogP contribution in [0.5, 0.6) is 0 Å². The zero-order chi connectivity index (χ0) is 14.5. The van der Waals surface area contributed by atoms with E-state index in [0.29, 0.717) is 11.7 Å². The first kappa shape index (κ1) is 15.8. The molecule has 1 aliphatic rings. The highest BCUT2D eigenvalue weighted by molar-refractivity contribution is 8.02. The van der Waals surface area contributed by atoms with Gasteiger partial charge in [0.15, 0.2) is 0 Å². The fraction of sp³-hybridized carbons (Fsp3) is 0.643. The topological polar surface area (TPSA) is 61.4 Å². The lowest BCUT2D eigenvalue weighted by atomic mass is 10.0. The monoisotopic (exact) mass is 314 g/mol. The first-order chi connectivity index (χ1) is 9.63. The molecule has 0 bridgehead atoms. The summed E-state index contributed by atoms with van der Waals surface area (Å²) in [5.74, 6) is 1.12. The minimum absolute atomic E-state index is 0.0847. The molecule has 0 saturated carbocycles. The van der Waals surface area contributed by atoms with Crippen LogP contribution in [-0.2, 0) is 4.79 Å². The lowest BCUT2D eigenvalue weighted by Crippen LogP contribution is -2.25. The normalized spacial score (nSPS) is 17.4. The van der Waals surface area contributed by atoms with E-state index in [-0.39, 0.29) is 18.6 Å². The Labute approximate surface area is 128 Å². The highest BCUT2D eigenvalue weighted by atomic mass is 32.2. The molecule has 2 rings (SSSR count). The van der Waals surface area contributed by atoms with Gasteiger partial charge in [0.05, 0.1) is 15.6 Å². The molecule has 0 fully saturated rings. The molecule has 3 N–H and O–H groups in total. The second-order valence-electron chi connectivity index (χ2n) is 5.10. The summed E-state index contributed by atoms with van der Waals surface area (Å²) in [5.41, 5.74) is 0.960. The maximum atomic E-state index is 11.4. The van der Waals surface area contributed by atoms with Gasteiger partial charge >= 0.3 is 0 Å². The first-order valence-electron chi connectivity index (χ1n) is 7.04. The lowest BCUT2D eigenvalue weighted by Gasteiger charge is -2.18. The third kappa shape index (κ3) is 3.97. The van der Waals surface area contributed by atoms with Gasteiger partial charge in [-0.2, -0.15) is 0 Å². The van der Waals surface area contributed by atoms with E-state index in [0.717, 1.165) is 25.1 Å². The number of carbonyl (C=O) groups excluding carboxylic acids is 1. The van der Waals surface area contributed by atoms with Crippen molar-refractivity contribution in [1.29, 1.82) is 0 Å². The van der Waals surface area contributed by atoms with Crippen molar-refractivity contribution in [3.8, 4) is 0 Å². The average Bonchev–Trinajstić information content (AvgIpc) is 2.86. The predicted octanol–water partition coefficient (Wildman–Crippen LogP) is 2.85. The SMILES string of the molecule is CCC(CCO)CNC(C)c1cc2c(s1)SCC(=O)N2. The van der Waals surface area contributed by atoms with Crippen LogP contribution in [0.1, 0.15) is 37.6 Å². The standard InChI is InChI=1S/C14H22N2O2S2/c1-3-10(4-5-17)7-15-9(2)12-6-11-14(20-12)19-8-13(18)16-11/h6,9-10,15,17H,3-5,7-8H2,1-2H3,(H,16,18). The maximum Gasteiger partial charge on any atom is 0.234 e. The van der Waals surface area contributed by atoms with E-state index in [1.165, 1.54) is 9.09 Å². The molecule has 112 valence electrons. The van der Waals surface area contributed by atoms with E-state index in [1.54, 1.807) is 23.1 Å². The Morgan fingerprint density at radius 2 is 2.35 bits per heavy atom. The molecule has 0 aliphatic carbocycles. The molecule has 0 radical (unpaired) electrons. The number of thioether (sulfide) groups is 1. The molecule has 2 unspecified atom stereocenters. The molecule has 0 aromatic carbocycles. The molecule has 1 aromatic rings. The van der Waals surface area contributed by atoms with Crippen molar-refractivity contribution in [2.24, 2.45) is 5.92 Å². The summed E-state index contributed by atoms with van der Waals surface area (Å²) in [7, 11) is 0. The van der Waals surface area contributed by atoms with Gasteiger partial charge in [-0.3, -0.25) is 4.79 Å². The van der Waals surface area contributed by atoms with Crippen LogP contribution < -0.4 is 10.6 Å². The van der Waals surface area contributed by atoms with E-state index in [9.17, 15) is 4.79 Å². The largest absolute Gasteiger partial charge is 0.396 e. The molecule has 2 atom stereocenters. The van der Waals surface area contributed by atoms with Crippen molar-refractivity contribution in [3.05, 3.63) is 10.9 Å². The van der Waals surface area contributed by atoms with Crippen molar-refractivity contribution in [3.63, 3.8) is 0 Å². The summed E-state index contributed by atoms with van der Waals surface area (Å²) in [6, 6.07) is 2.35. The zero-order valence-electron chi connectivity index (χ0n) is 11.9. The van der Waals surface area contributed by atoms with Gasteiger partial charge in [-0.1, -0.05) is 13.3 Å². The molecule has 4 nitrogen and oxygen atoms in total. The van der Waals surface area contributed by atoms with E-state index in [1.807, 2.05) is 0 Å². The van der Waals surface area contributed by atoms with Crippen molar-refractivity contribution in [2.45, 2.75) is 36.9 Å². The van der Waals surface area contributed by atoms with Crippen molar-refractivity contribution in [2.75, 3.05) is 24.2 Å². The van der Waals surface area contributed by atoms with Gasteiger partial charge in [0.1, 0.15) is 0 Å². The van der Waals surface area contributed by atoms with E-state index >= 15 is 0 Å². The van der Waals surface area contributed by atoms with Crippen molar-refractivity contribution in [1.82, 2.24) is 5.32 Å². The fourth-order valence-electron chi connectivity index (χ4n) is 2.19. The van der Waals surface area contributed by atoms with Gasteiger partial charge in [0.2, 0.25) is 5.91 Å². The molecule has 1 aliphatic heterocycles. The number of rotatable bonds is 7. The molecule has 2 heterocycles. The van der Waals surface area contributed by atoms with Crippen LogP contribution in [0.4, 0.5) is 5.69 Å². The summed E-state index contributed by atoms with van der Waals surface area (Å²) < 4.78 is 1.20. The molecular weight excluding hydrogens is 292 g/mol. The zero-order valence-corrected chi connectivity index (χ0v) is 13.6. The van der Waals surface area contributed by atoms with Crippen LogP contribution in [0.25, 0.3) is 0 Å². The van der Waals surface area contributed by atoms with E-state index in [2.05, 4.69) is 30.5 Å². The van der Waals surface area contributed by atoms with Crippen LogP contribution in [0.3, 0.4) is 0 Å². The average molecular weight is 314 g/mol. The Hall–Kier alpha value is -0.560. The third-order valence-corrected chi connectivity index (χ3v) is 6.18. The fourth-order valence-corrected chi connectivity index (χ4v) is 4.37. The second-order valence-corrected chi connectivity index (χ2v) is 7.43. The summed E-state index contributed by atoms with van der Waals surface area (Å²) in [6.45, 7) is 5.48. The van der Waals surface area contributed by atoms with Gasteiger partial charge in [0, 0.05) is 17.5 Å². The van der Waals surface area contributed by atoms with Gasteiger partial charge in [-0.25, -0.2) is 0 Å². The van der Waals surface area contributed by atoms with Gasteiger partial charge in [0.25, 0.3) is 0 Å². The van der Waals surface area contributed by atoms with Crippen LogP contribution in [0.15, 0.2) is 10.3 Å². The number of hydrogen-bond acceptors (Lipinski definition) is 5. The molecule has 0 saturated heterocycles. The predicted molar refractivity (Wildman–Crippen MR) is 85.6 cm³/mol. The highest BCUT2D eigenvalue weighted by Gasteiger charge is 2.20. The summed E-state index contributed by atoms with van der Waals surface area (Å²) in [4.78, 5) is 12.6. The number of hydrogen-bond donors (Lipinski definition) is 3. The number of amides is 1. The third-order valence-electron chi connectivity index (χ3n) is 3.58. The molecule has 0 spiro atoms. The Kier molecular flexibility index (Phi) is 5.89.